The molecule has 10 heavy (non-hydrogen) atoms. The Morgan fingerprint density at radius 1 is 0.900 bits per heavy atom. The Kier molecular flexibility index (Phi) is 1.82. The van der Waals surface area contributed by atoms with E-state index in [0.717, 1.165) is 11.8 Å². The Bertz CT molecular complexity index is 159. The quantitative estimate of drug-likeness (QED) is 0.595. The van der Waals surface area contributed by atoms with Gasteiger partial charge in [-0.15, -0.1) is 23.5 Å². The van der Waals surface area contributed by atoms with Gasteiger partial charge in [-0.2, -0.15) is 0 Å². The molecule has 0 radical (unpaired) electrons. The summed E-state index contributed by atoms with van der Waals surface area (Å²) in [5.41, 5.74) is 0. The van der Waals surface area contributed by atoms with Gasteiger partial charge in [0, 0.05) is 12.4 Å². The molecule has 0 N–H and O–H groups in total. The predicted molar refractivity (Wildman–Crippen MR) is 46.9 cm³/mol. The SMILES string of the molecule is C1=CN(N2C=CSC2)CS1. The Balaban J connectivity index is 1.98. The van der Waals surface area contributed by atoms with Crippen LogP contribution in [0.25, 0.3) is 0 Å². The lowest BCUT2D eigenvalue weighted by Crippen LogP contribution is -2.30. The van der Waals surface area contributed by atoms with Crippen LogP contribution in [0.1, 0.15) is 0 Å². The first kappa shape index (κ1) is 6.49. The molecule has 2 aliphatic rings. The number of thioether (sulfide) groups is 2. The molecule has 0 bridgehead atoms. The molecule has 0 atom stereocenters. The largest absolute Gasteiger partial charge is 0.282 e. The molecule has 0 aromatic heterocycles. The topological polar surface area (TPSA) is 6.48 Å². The van der Waals surface area contributed by atoms with E-state index in [2.05, 4.69) is 33.2 Å². The summed E-state index contributed by atoms with van der Waals surface area (Å²) in [6.45, 7) is 0. The van der Waals surface area contributed by atoms with Gasteiger partial charge < -0.3 is 0 Å². The Morgan fingerprint density at radius 3 is 1.70 bits per heavy atom. The third-order valence-electron chi connectivity index (χ3n) is 1.40. The van der Waals surface area contributed by atoms with E-state index in [1.807, 2.05) is 23.5 Å². The molecule has 2 rings (SSSR count). The highest BCUT2D eigenvalue weighted by atomic mass is 32.2. The molecular weight excluding hydrogens is 164 g/mol. The zero-order valence-electron chi connectivity index (χ0n) is 5.43. The van der Waals surface area contributed by atoms with Crippen LogP contribution in [0.5, 0.6) is 0 Å². The highest BCUT2D eigenvalue weighted by Crippen LogP contribution is 2.23. The summed E-state index contributed by atoms with van der Waals surface area (Å²) in [7, 11) is 0. The summed E-state index contributed by atoms with van der Waals surface area (Å²) in [4.78, 5) is 0. The minimum Gasteiger partial charge on any atom is -0.282 e. The molecule has 0 amide bonds. The molecule has 0 unspecified atom stereocenters. The van der Waals surface area contributed by atoms with E-state index < -0.39 is 0 Å². The van der Waals surface area contributed by atoms with Gasteiger partial charge in [-0.25, -0.2) is 0 Å². The predicted octanol–water partition coefficient (Wildman–Crippen LogP) is 1.86. The van der Waals surface area contributed by atoms with Crippen molar-refractivity contribution in [1.82, 2.24) is 10.0 Å². The summed E-state index contributed by atoms with van der Waals surface area (Å²) in [6, 6.07) is 0. The minimum atomic E-state index is 1.06. The van der Waals surface area contributed by atoms with Crippen molar-refractivity contribution in [2.75, 3.05) is 11.8 Å². The fraction of sp³-hybridized carbons (Fsp3) is 0.333. The molecule has 0 spiro atoms. The molecule has 4 heteroatoms. The molecule has 54 valence electrons. The van der Waals surface area contributed by atoms with E-state index in [4.69, 9.17) is 0 Å². The number of hydrogen-bond acceptors (Lipinski definition) is 4. The van der Waals surface area contributed by atoms with E-state index in [1.165, 1.54) is 0 Å². The normalized spacial score (nSPS) is 23.2. The van der Waals surface area contributed by atoms with Crippen molar-refractivity contribution in [1.29, 1.82) is 0 Å². The number of hydrazine groups is 1. The lowest BCUT2D eigenvalue weighted by atomic mass is 10.8. The van der Waals surface area contributed by atoms with Crippen LogP contribution < -0.4 is 0 Å². The van der Waals surface area contributed by atoms with Crippen LogP contribution in [0.15, 0.2) is 23.2 Å². The van der Waals surface area contributed by atoms with Crippen LogP contribution in [0.2, 0.25) is 0 Å². The Hall–Kier alpha value is -0.220. The average Bonchev–Trinajstić information content (AvgIpc) is 2.59. The van der Waals surface area contributed by atoms with E-state index in [1.54, 1.807) is 0 Å². The highest BCUT2D eigenvalue weighted by molar-refractivity contribution is 8.02. The summed E-state index contributed by atoms with van der Waals surface area (Å²) >= 11 is 3.66. The van der Waals surface area contributed by atoms with E-state index in [-0.39, 0.29) is 0 Å². The summed E-state index contributed by atoms with van der Waals surface area (Å²) < 4.78 is 0. The van der Waals surface area contributed by atoms with Gasteiger partial charge in [0.05, 0.1) is 11.8 Å². The first-order valence-electron chi connectivity index (χ1n) is 3.06. The van der Waals surface area contributed by atoms with Gasteiger partial charge >= 0.3 is 0 Å². The van der Waals surface area contributed by atoms with Crippen LogP contribution in [0.4, 0.5) is 0 Å². The highest BCUT2D eigenvalue weighted by Gasteiger charge is 2.13. The van der Waals surface area contributed by atoms with Gasteiger partial charge in [0.25, 0.3) is 0 Å². The van der Waals surface area contributed by atoms with Crippen LogP contribution in [0.3, 0.4) is 0 Å². The first-order valence-corrected chi connectivity index (χ1v) is 5.16. The van der Waals surface area contributed by atoms with Crippen molar-refractivity contribution in [3.8, 4) is 0 Å². The molecule has 2 nitrogen and oxygen atoms in total. The molecule has 0 saturated heterocycles. The fourth-order valence-electron chi connectivity index (χ4n) is 0.871. The van der Waals surface area contributed by atoms with E-state index in [9.17, 15) is 0 Å². The lowest BCUT2D eigenvalue weighted by molar-refractivity contribution is 0.134. The van der Waals surface area contributed by atoms with Gasteiger partial charge in [-0.05, 0) is 10.8 Å². The van der Waals surface area contributed by atoms with Crippen molar-refractivity contribution >= 4 is 23.5 Å². The number of nitrogens with zero attached hydrogens (tertiary/aromatic N) is 2. The van der Waals surface area contributed by atoms with Crippen LogP contribution in [0, 0.1) is 0 Å². The van der Waals surface area contributed by atoms with Gasteiger partial charge in [0.1, 0.15) is 0 Å². The molecule has 2 heterocycles. The van der Waals surface area contributed by atoms with Crippen molar-refractivity contribution in [2.45, 2.75) is 0 Å². The summed E-state index contributed by atoms with van der Waals surface area (Å²) in [6.07, 6.45) is 4.22. The van der Waals surface area contributed by atoms with Gasteiger partial charge in [-0.1, -0.05) is 0 Å². The minimum absolute atomic E-state index is 1.06. The van der Waals surface area contributed by atoms with Crippen LogP contribution in [-0.2, 0) is 0 Å². The number of rotatable bonds is 1. The average molecular weight is 172 g/mol. The standard InChI is InChI=1S/C6H8N2S2/c1-3-9-5-7(1)8-2-4-10-6-8/h1-4H,5-6H2. The molecule has 0 aromatic carbocycles. The van der Waals surface area contributed by atoms with Gasteiger partial charge in [0.15, 0.2) is 0 Å². The molecular formula is C6H8N2S2. The second-order valence-electron chi connectivity index (χ2n) is 2.04. The Labute approximate surface area is 68.9 Å². The molecule has 0 aliphatic carbocycles. The second-order valence-corrected chi connectivity index (χ2v) is 3.77. The van der Waals surface area contributed by atoms with Gasteiger partial charge in [0.2, 0.25) is 0 Å². The van der Waals surface area contributed by atoms with Crippen molar-refractivity contribution in [3.63, 3.8) is 0 Å². The van der Waals surface area contributed by atoms with Crippen molar-refractivity contribution < 1.29 is 0 Å². The van der Waals surface area contributed by atoms with E-state index >= 15 is 0 Å². The number of hydrogen-bond donors (Lipinski definition) is 0. The second kappa shape index (κ2) is 2.80. The summed E-state index contributed by atoms with van der Waals surface area (Å²) in [5, 5.41) is 8.66. The lowest BCUT2D eigenvalue weighted by Gasteiger charge is -2.25. The van der Waals surface area contributed by atoms with E-state index in [0.29, 0.717) is 0 Å². The third kappa shape index (κ3) is 1.13. The zero-order chi connectivity index (χ0) is 6.81. The monoisotopic (exact) mass is 172 g/mol. The summed E-state index contributed by atoms with van der Waals surface area (Å²) in [5.74, 6) is 2.12. The maximum absolute atomic E-state index is 2.21. The smallest absolute Gasteiger partial charge is 0.0884 e. The van der Waals surface area contributed by atoms with Crippen molar-refractivity contribution in [2.24, 2.45) is 0 Å². The molecule has 0 aromatic rings. The Morgan fingerprint density at radius 2 is 1.40 bits per heavy atom. The zero-order valence-corrected chi connectivity index (χ0v) is 7.07. The molecule has 2 aliphatic heterocycles. The first-order chi connectivity index (χ1) is 4.97. The van der Waals surface area contributed by atoms with Gasteiger partial charge in [-0.3, -0.25) is 10.0 Å². The van der Waals surface area contributed by atoms with Crippen LogP contribution >= 0.6 is 23.5 Å². The maximum atomic E-state index is 2.21. The van der Waals surface area contributed by atoms with Crippen molar-refractivity contribution in [3.05, 3.63) is 23.2 Å². The third-order valence-corrected chi connectivity index (χ3v) is 2.86. The molecule has 0 fully saturated rings. The maximum Gasteiger partial charge on any atom is 0.0884 e. The fourth-order valence-corrected chi connectivity index (χ4v) is 2.27. The molecule has 0 saturated carbocycles. The van der Waals surface area contributed by atoms with Crippen LogP contribution in [-0.4, -0.2) is 21.8 Å².